The highest BCUT2D eigenvalue weighted by Gasteiger charge is 2.16. The minimum atomic E-state index is 0.748. The van der Waals surface area contributed by atoms with Gasteiger partial charge in [0.15, 0.2) is 5.58 Å². The lowest BCUT2D eigenvalue weighted by molar-refractivity contribution is 0.509. The highest BCUT2D eigenvalue weighted by molar-refractivity contribution is 5.73. The highest BCUT2D eigenvalue weighted by atomic mass is 16.4. The molecule has 1 saturated heterocycles. The molecule has 0 aromatic carbocycles. The van der Waals surface area contributed by atoms with Gasteiger partial charge in [-0.25, -0.2) is 0 Å². The molecule has 0 amide bonds. The van der Waals surface area contributed by atoms with Crippen LogP contribution in [0.2, 0.25) is 0 Å². The number of piperidine rings is 1. The summed E-state index contributed by atoms with van der Waals surface area (Å²) in [6.07, 6.45) is 7.26. The predicted octanol–water partition coefficient (Wildman–Crippen LogP) is 2.21. The van der Waals surface area contributed by atoms with Gasteiger partial charge in [-0.05, 0) is 19.3 Å². The van der Waals surface area contributed by atoms with Gasteiger partial charge in [0.05, 0.1) is 6.20 Å². The Morgan fingerprint density at radius 1 is 1.20 bits per heavy atom. The first kappa shape index (κ1) is 8.71. The van der Waals surface area contributed by atoms with Crippen molar-refractivity contribution >= 4 is 17.1 Å². The van der Waals surface area contributed by atoms with Gasteiger partial charge in [0.1, 0.15) is 5.52 Å². The Labute approximate surface area is 87.9 Å². The van der Waals surface area contributed by atoms with E-state index in [1.807, 2.05) is 6.07 Å². The summed E-state index contributed by atoms with van der Waals surface area (Å²) in [7, 11) is 0. The zero-order chi connectivity index (χ0) is 10.1. The van der Waals surface area contributed by atoms with Gasteiger partial charge in [-0.3, -0.25) is 4.98 Å². The number of pyridine rings is 1. The van der Waals surface area contributed by atoms with Crippen LogP contribution in [0.4, 0.5) is 6.01 Å². The van der Waals surface area contributed by atoms with Crippen LogP contribution in [0.15, 0.2) is 22.9 Å². The third kappa shape index (κ3) is 1.56. The number of nitrogens with zero attached hydrogens (tertiary/aromatic N) is 3. The highest BCUT2D eigenvalue weighted by Crippen LogP contribution is 2.23. The first-order valence-electron chi connectivity index (χ1n) is 5.39. The number of oxazole rings is 1. The fourth-order valence-electron chi connectivity index (χ4n) is 1.99. The molecule has 2 aromatic heterocycles. The van der Waals surface area contributed by atoms with Crippen LogP contribution in [0.1, 0.15) is 19.3 Å². The summed E-state index contributed by atoms with van der Waals surface area (Å²) in [5.41, 5.74) is 1.67. The molecule has 0 saturated carbocycles. The fourth-order valence-corrected chi connectivity index (χ4v) is 1.99. The van der Waals surface area contributed by atoms with Crippen molar-refractivity contribution in [2.45, 2.75) is 19.3 Å². The second kappa shape index (κ2) is 3.53. The molecule has 2 aromatic rings. The number of hydrogen-bond donors (Lipinski definition) is 0. The van der Waals surface area contributed by atoms with Gasteiger partial charge in [0.2, 0.25) is 0 Å². The van der Waals surface area contributed by atoms with Crippen molar-refractivity contribution in [1.82, 2.24) is 9.97 Å². The molecular formula is C11H13N3O. The van der Waals surface area contributed by atoms with E-state index in [1.54, 1.807) is 12.4 Å². The van der Waals surface area contributed by atoms with Crippen LogP contribution in [-0.4, -0.2) is 23.1 Å². The Kier molecular flexibility index (Phi) is 2.05. The topological polar surface area (TPSA) is 42.2 Å². The van der Waals surface area contributed by atoms with Crippen molar-refractivity contribution in [3.8, 4) is 0 Å². The first-order valence-corrected chi connectivity index (χ1v) is 5.39. The summed E-state index contributed by atoms with van der Waals surface area (Å²) in [5.74, 6) is 0. The molecule has 0 radical (unpaired) electrons. The summed E-state index contributed by atoms with van der Waals surface area (Å²) in [4.78, 5) is 10.7. The van der Waals surface area contributed by atoms with E-state index in [4.69, 9.17) is 4.42 Å². The fraction of sp³-hybridized carbons (Fsp3) is 0.455. The van der Waals surface area contributed by atoms with E-state index < -0.39 is 0 Å². The predicted molar refractivity (Wildman–Crippen MR) is 57.9 cm³/mol. The third-order valence-corrected chi connectivity index (χ3v) is 2.81. The summed E-state index contributed by atoms with van der Waals surface area (Å²) >= 11 is 0. The summed E-state index contributed by atoms with van der Waals surface area (Å²) in [6, 6.07) is 2.60. The molecule has 15 heavy (non-hydrogen) atoms. The maximum absolute atomic E-state index is 5.68. The van der Waals surface area contributed by atoms with Crippen molar-refractivity contribution in [3.05, 3.63) is 18.5 Å². The van der Waals surface area contributed by atoms with Crippen molar-refractivity contribution in [2.24, 2.45) is 0 Å². The second-order valence-corrected chi connectivity index (χ2v) is 3.89. The molecule has 3 heterocycles. The molecule has 78 valence electrons. The number of aromatic nitrogens is 2. The van der Waals surface area contributed by atoms with Crippen LogP contribution >= 0.6 is 0 Å². The lowest BCUT2D eigenvalue weighted by atomic mass is 10.1. The molecule has 0 bridgehead atoms. The monoisotopic (exact) mass is 203 g/mol. The van der Waals surface area contributed by atoms with E-state index in [1.165, 1.54) is 19.3 Å². The lowest BCUT2D eigenvalue weighted by Crippen LogP contribution is -2.29. The van der Waals surface area contributed by atoms with Crippen molar-refractivity contribution in [3.63, 3.8) is 0 Å². The SMILES string of the molecule is c1cc2oc(N3CCCCC3)nc2cn1. The van der Waals surface area contributed by atoms with E-state index in [0.717, 1.165) is 30.2 Å². The standard InChI is InChI=1S/C11H13N3O/c1-2-6-14(7-3-1)11-13-9-8-12-5-4-10(9)15-11/h4-5,8H,1-3,6-7H2. The molecule has 1 fully saturated rings. The van der Waals surface area contributed by atoms with Crippen LogP contribution in [-0.2, 0) is 0 Å². The summed E-state index contributed by atoms with van der Waals surface area (Å²) in [5, 5.41) is 0. The van der Waals surface area contributed by atoms with Gasteiger partial charge in [-0.2, -0.15) is 4.98 Å². The molecule has 0 N–H and O–H groups in total. The average Bonchev–Trinajstić information content (AvgIpc) is 2.74. The summed E-state index contributed by atoms with van der Waals surface area (Å²) < 4.78 is 5.68. The lowest BCUT2D eigenvalue weighted by Gasteiger charge is -2.24. The average molecular weight is 203 g/mol. The number of anilines is 1. The molecule has 1 aliphatic rings. The van der Waals surface area contributed by atoms with Crippen LogP contribution in [0.25, 0.3) is 11.1 Å². The van der Waals surface area contributed by atoms with Gasteiger partial charge < -0.3 is 9.32 Å². The Balaban J connectivity index is 1.96. The smallest absolute Gasteiger partial charge is 0.298 e. The Morgan fingerprint density at radius 2 is 2.07 bits per heavy atom. The number of hydrogen-bond acceptors (Lipinski definition) is 4. The Bertz CT molecular complexity index is 427. The van der Waals surface area contributed by atoms with Crippen LogP contribution in [0, 0.1) is 0 Å². The molecule has 0 atom stereocenters. The minimum Gasteiger partial charge on any atom is -0.423 e. The van der Waals surface area contributed by atoms with Gasteiger partial charge in [0.25, 0.3) is 6.01 Å². The zero-order valence-corrected chi connectivity index (χ0v) is 8.52. The number of rotatable bonds is 1. The largest absolute Gasteiger partial charge is 0.423 e. The third-order valence-electron chi connectivity index (χ3n) is 2.81. The molecule has 1 aliphatic heterocycles. The zero-order valence-electron chi connectivity index (χ0n) is 8.52. The minimum absolute atomic E-state index is 0.748. The molecule has 0 spiro atoms. The van der Waals surface area contributed by atoms with Gasteiger partial charge in [0, 0.05) is 25.4 Å². The van der Waals surface area contributed by atoms with E-state index in [0.29, 0.717) is 0 Å². The van der Waals surface area contributed by atoms with Crippen molar-refractivity contribution < 1.29 is 4.42 Å². The Morgan fingerprint density at radius 3 is 2.87 bits per heavy atom. The first-order chi connectivity index (χ1) is 7.43. The molecule has 4 heteroatoms. The van der Waals surface area contributed by atoms with E-state index in [2.05, 4.69) is 14.9 Å². The normalized spacial score (nSPS) is 17.2. The van der Waals surface area contributed by atoms with E-state index in [9.17, 15) is 0 Å². The van der Waals surface area contributed by atoms with Gasteiger partial charge >= 0.3 is 0 Å². The van der Waals surface area contributed by atoms with Crippen LogP contribution in [0.3, 0.4) is 0 Å². The second-order valence-electron chi connectivity index (χ2n) is 3.89. The van der Waals surface area contributed by atoms with Crippen LogP contribution < -0.4 is 4.90 Å². The quantitative estimate of drug-likeness (QED) is 0.712. The summed E-state index contributed by atoms with van der Waals surface area (Å²) in [6.45, 7) is 2.11. The van der Waals surface area contributed by atoms with Gasteiger partial charge in [-0.1, -0.05) is 0 Å². The number of fused-ring (bicyclic) bond motifs is 1. The molecule has 3 rings (SSSR count). The van der Waals surface area contributed by atoms with Crippen molar-refractivity contribution in [1.29, 1.82) is 0 Å². The van der Waals surface area contributed by atoms with Gasteiger partial charge in [-0.15, -0.1) is 0 Å². The van der Waals surface area contributed by atoms with Crippen LogP contribution in [0.5, 0.6) is 0 Å². The van der Waals surface area contributed by atoms with Crippen molar-refractivity contribution in [2.75, 3.05) is 18.0 Å². The molecule has 4 nitrogen and oxygen atoms in total. The Hall–Kier alpha value is -1.58. The maximum Gasteiger partial charge on any atom is 0.298 e. The van der Waals surface area contributed by atoms with E-state index >= 15 is 0 Å². The molecular weight excluding hydrogens is 190 g/mol. The molecule has 0 unspecified atom stereocenters. The maximum atomic E-state index is 5.68. The molecule has 0 aliphatic carbocycles. The van der Waals surface area contributed by atoms with E-state index in [-0.39, 0.29) is 0 Å².